The number of nitrogens with one attached hydrogen (secondary N) is 1. The van der Waals surface area contributed by atoms with Gasteiger partial charge in [-0.1, -0.05) is 29.8 Å². The van der Waals surface area contributed by atoms with Crippen molar-refractivity contribution in [2.24, 2.45) is 0 Å². The van der Waals surface area contributed by atoms with Gasteiger partial charge >= 0.3 is 0 Å². The van der Waals surface area contributed by atoms with Gasteiger partial charge in [0, 0.05) is 29.3 Å². The average Bonchev–Trinajstić information content (AvgIpc) is 3.35. The van der Waals surface area contributed by atoms with Gasteiger partial charge in [-0.3, -0.25) is 9.48 Å². The Morgan fingerprint density at radius 3 is 2.63 bits per heavy atom. The number of carbonyl (C=O) groups excluding carboxylic acids is 1. The summed E-state index contributed by atoms with van der Waals surface area (Å²) in [5.41, 5.74) is 2.93. The number of carbonyl (C=O) groups is 1. The molecule has 0 saturated heterocycles. The molecule has 0 radical (unpaired) electrons. The van der Waals surface area contributed by atoms with Crippen molar-refractivity contribution in [3.63, 3.8) is 0 Å². The standard InChI is InChI=1S/C20H16ClN5O/c21-16-3-1-4-18(13-16)26-12-9-19(24-26)20(27)23-17-7-5-15(6-8-17)14-25-11-2-10-22-25/h1-13H,14H2,(H,23,27). The van der Waals surface area contributed by atoms with Gasteiger partial charge in [0.25, 0.3) is 5.91 Å². The van der Waals surface area contributed by atoms with E-state index < -0.39 is 0 Å². The van der Waals surface area contributed by atoms with E-state index in [0.717, 1.165) is 11.3 Å². The lowest BCUT2D eigenvalue weighted by molar-refractivity contribution is 0.102. The predicted molar refractivity (Wildman–Crippen MR) is 104 cm³/mol. The zero-order valence-corrected chi connectivity index (χ0v) is 15.0. The molecule has 134 valence electrons. The van der Waals surface area contributed by atoms with Gasteiger partial charge in [0.15, 0.2) is 5.69 Å². The van der Waals surface area contributed by atoms with Gasteiger partial charge in [-0.15, -0.1) is 0 Å². The van der Waals surface area contributed by atoms with Crippen molar-refractivity contribution < 1.29 is 4.79 Å². The van der Waals surface area contributed by atoms with Crippen LogP contribution in [0.1, 0.15) is 16.1 Å². The number of halogens is 1. The molecule has 4 aromatic rings. The molecular weight excluding hydrogens is 362 g/mol. The highest BCUT2D eigenvalue weighted by Crippen LogP contribution is 2.15. The molecule has 0 aliphatic heterocycles. The fraction of sp³-hybridized carbons (Fsp3) is 0.0500. The Bertz CT molecular complexity index is 1050. The Morgan fingerprint density at radius 2 is 1.89 bits per heavy atom. The van der Waals surface area contributed by atoms with Gasteiger partial charge in [0.05, 0.1) is 12.2 Å². The van der Waals surface area contributed by atoms with E-state index in [2.05, 4.69) is 15.5 Å². The van der Waals surface area contributed by atoms with Crippen molar-refractivity contribution in [1.82, 2.24) is 19.6 Å². The molecule has 0 saturated carbocycles. The number of anilines is 1. The molecule has 27 heavy (non-hydrogen) atoms. The highest BCUT2D eigenvalue weighted by atomic mass is 35.5. The molecule has 1 amide bonds. The van der Waals surface area contributed by atoms with Crippen LogP contribution in [-0.4, -0.2) is 25.5 Å². The Kier molecular flexibility index (Phi) is 4.72. The van der Waals surface area contributed by atoms with E-state index in [1.165, 1.54) is 0 Å². The van der Waals surface area contributed by atoms with Crippen LogP contribution in [0.25, 0.3) is 5.69 Å². The fourth-order valence-electron chi connectivity index (χ4n) is 2.68. The van der Waals surface area contributed by atoms with Gasteiger partial charge in [0.2, 0.25) is 0 Å². The second kappa shape index (κ2) is 7.47. The molecule has 1 N–H and O–H groups in total. The van der Waals surface area contributed by atoms with E-state index >= 15 is 0 Å². The molecule has 0 fully saturated rings. The number of benzene rings is 2. The molecule has 2 aromatic heterocycles. The molecule has 0 atom stereocenters. The molecule has 0 bridgehead atoms. The van der Waals surface area contributed by atoms with E-state index in [4.69, 9.17) is 11.6 Å². The first-order valence-electron chi connectivity index (χ1n) is 8.37. The summed E-state index contributed by atoms with van der Waals surface area (Å²) >= 11 is 6.00. The molecule has 0 aliphatic rings. The monoisotopic (exact) mass is 377 g/mol. The van der Waals surface area contributed by atoms with Crippen LogP contribution in [-0.2, 0) is 6.54 Å². The van der Waals surface area contributed by atoms with Gasteiger partial charge < -0.3 is 5.32 Å². The lowest BCUT2D eigenvalue weighted by Gasteiger charge is -2.06. The largest absolute Gasteiger partial charge is 0.321 e. The van der Waals surface area contributed by atoms with Gasteiger partial charge in [-0.05, 0) is 48.0 Å². The third-order valence-corrected chi connectivity index (χ3v) is 4.25. The second-order valence-electron chi connectivity index (χ2n) is 5.98. The minimum Gasteiger partial charge on any atom is -0.321 e. The highest BCUT2D eigenvalue weighted by Gasteiger charge is 2.11. The number of hydrogen-bond acceptors (Lipinski definition) is 3. The van der Waals surface area contributed by atoms with E-state index in [1.54, 1.807) is 35.3 Å². The third-order valence-electron chi connectivity index (χ3n) is 4.01. The van der Waals surface area contributed by atoms with Gasteiger partial charge in [-0.2, -0.15) is 10.2 Å². The van der Waals surface area contributed by atoms with Crippen molar-refractivity contribution in [2.75, 3.05) is 5.32 Å². The van der Waals surface area contributed by atoms with Crippen LogP contribution < -0.4 is 5.32 Å². The first-order valence-corrected chi connectivity index (χ1v) is 8.74. The second-order valence-corrected chi connectivity index (χ2v) is 6.42. The van der Waals surface area contributed by atoms with Crippen LogP contribution in [0.4, 0.5) is 5.69 Å². The quantitative estimate of drug-likeness (QED) is 0.571. The van der Waals surface area contributed by atoms with Crippen LogP contribution in [0.5, 0.6) is 0 Å². The third kappa shape index (κ3) is 4.07. The van der Waals surface area contributed by atoms with Crippen LogP contribution in [0.3, 0.4) is 0 Å². The molecule has 0 unspecified atom stereocenters. The molecule has 0 aliphatic carbocycles. The Labute approximate surface area is 161 Å². The molecule has 2 aromatic carbocycles. The molecule has 7 heteroatoms. The fourth-order valence-corrected chi connectivity index (χ4v) is 2.86. The van der Waals surface area contributed by atoms with Gasteiger partial charge in [0.1, 0.15) is 0 Å². The molecule has 6 nitrogen and oxygen atoms in total. The normalized spacial score (nSPS) is 10.7. The topological polar surface area (TPSA) is 64.7 Å². The number of hydrogen-bond donors (Lipinski definition) is 1. The number of aromatic nitrogens is 4. The zero-order chi connectivity index (χ0) is 18.6. The Morgan fingerprint density at radius 1 is 1.04 bits per heavy atom. The predicted octanol–water partition coefficient (Wildman–Crippen LogP) is 4.02. The smallest absolute Gasteiger partial charge is 0.276 e. The SMILES string of the molecule is O=C(Nc1ccc(Cn2cccn2)cc1)c1ccn(-c2cccc(Cl)c2)n1. The summed E-state index contributed by atoms with van der Waals surface area (Å²) in [5, 5.41) is 12.0. The van der Waals surface area contributed by atoms with E-state index in [9.17, 15) is 4.79 Å². The minimum absolute atomic E-state index is 0.268. The Hall–Kier alpha value is -3.38. The summed E-state index contributed by atoms with van der Waals surface area (Å²) < 4.78 is 3.46. The summed E-state index contributed by atoms with van der Waals surface area (Å²) in [5.74, 6) is -0.268. The first kappa shape index (κ1) is 17.1. The van der Waals surface area contributed by atoms with Crippen molar-refractivity contribution in [1.29, 1.82) is 0 Å². The van der Waals surface area contributed by atoms with E-state index in [-0.39, 0.29) is 5.91 Å². The number of amides is 1. The van der Waals surface area contributed by atoms with Crippen LogP contribution >= 0.6 is 11.6 Å². The average molecular weight is 378 g/mol. The molecule has 2 heterocycles. The molecule has 0 spiro atoms. The Balaban J connectivity index is 1.43. The van der Waals surface area contributed by atoms with E-state index in [0.29, 0.717) is 22.9 Å². The lowest BCUT2D eigenvalue weighted by atomic mass is 10.2. The summed E-state index contributed by atoms with van der Waals surface area (Å²) in [6, 6.07) is 18.5. The van der Waals surface area contributed by atoms with Crippen LogP contribution in [0.15, 0.2) is 79.3 Å². The summed E-state index contributed by atoms with van der Waals surface area (Å²) in [4.78, 5) is 12.4. The summed E-state index contributed by atoms with van der Waals surface area (Å²) in [6.45, 7) is 0.686. The summed E-state index contributed by atoms with van der Waals surface area (Å²) in [6.07, 6.45) is 5.39. The van der Waals surface area contributed by atoms with Gasteiger partial charge in [-0.25, -0.2) is 4.68 Å². The van der Waals surface area contributed by atoms with Crippen molar-refractivity contribution in [2.45, 2.75) is 6.54 Å². The minimum atomic E-state index is -0.268. The lowest BCUT2D eigenvalue weighted by Crippen LogP contribution is -2.13. The number of rotatable bonds is 5. The maximum atomic E-state index is 12.4. The maximum Gasteiger partial charge on any atom is 0.276 e. The number of nitrogens with zero attached hydrogens (tertiary/aromatic N) is 4. The van der Waals surface area contributed by atoms with Crippen molar-refractivity contribution in [3.8, 4) is 5.69 Å². The first-order chi connectivity index (χ1) is 13.2. The summed E-state index contributed by atoms with van der Waals surface area (Å²) in [7, 11) is 0. The van der Waals surface area contributed by atoms with Crippen LogP contribution in [0.2, 0.25) is 5.02 Å². The maximum absolute atomic E-state index is 12.4. The van der Waals surface area contributed by atoms with Crippen LogP contribution in [0, 0.1) is 0 Å². The zero-order valence-electron chi connectivity index (χ0n) is 14.3. The molecular formula is C20H16ClN5O. The molecule has 4 rings (SSSR count). The van der Waals surface area contributed by atoms with Crippen molar-refractivity contribution >= 4 is 23.2 Å². The van der Waals surface area contributed by atoms with E-state index in [1.807, 2.05) is 53.3 Å². The highest BCUT2D eigenvalue weighted by molar-refractivity contribution is 6.30. The van der Waals surface area contributed by atoms with Crippen molar-refractivity contribution in [3.05, 3.63) is 95.5 Å².